The van der Waals surface area contributed by atoms with Crippen LogP contribution in [-0.4, -0.2) is 24.0 Å². The van der Waals surface area contributed by atoms with Crippen LogP contribution in [0.4, 0.5) is 4.79 Å². The Balaban J connectivity index is 2.10. The molecule has 1 aliphatic carbocycles. The van der Waals surface area contributed by atoms with Crippen molar-refractivity contribution in [3.05, 3.63) is 0 Å². The highest BCUT2D eigenvalue weighted by atomic mass is 16.6. The number of carbonyl (C=O) groups is 2. The van der Waals surface area contributed by atoms with Crippen LogP contribution in [0.25, 0.3) is 0 Å². The van der Waals surface area contributed by atoms with E-state index >= 15 is 0 Å². The van der Waals surface area contributed by atoms with E-state index in [2.05, 4.69) is 5.32 Å². The summed E-state index contributed by atoms with van der Waals surface area (Å²) in [6.07, 6.45) is 3.24. The number of amides is 1. The molecule has 0 aromatic rings. The summed E-state index contributed by atoms with van der Waals surface area (Å²) < 4.78 is 5.14. The van der Waals surface area contributed by atoms with Crippen molar-refractivity contribution < 1.29 is 14.3 Å². The van der Waals surface area contributed by atoms with E-state index in [0.717, 1.165) is 19.3 Å². The maximum atomic E-state index is 11.5. The number of ketones is 1. The predicted octanol–water partition coefficient (Wildman–Crippen LogP) is 2.91. The first kappa shape index (κ1) is 15.0. The average Bonchev–Trinajstić information content (AvgIpc) is 3.04. The molecule has 1 fully saturated rings. The molecule has 0 aliphatic heterocycles. The molecular weight excluding hydrogens is 230 g/mol. The van der Waals surface area contributed by atoms with Crippen LogP contribution in [0.5, 0.6) is 0 Å². The molecule has 0 radical (unpaired) electrons. The van der Waals surface area contributed by atoms with E-state index in [0.29, 0.717) is 30.6 Å². The molecule has 18 heavy (non-hydrogen) atoms. The van der Waals surface area contributed by atoms with Gasteiger partial charge in [-0.05, 0) is 46.0 Å². The van der Waals surface area contributed by atoms with Crippen LogP contribution in [0.15, 0.2) is 0 Å². The topological polar surface area (TPSA) is 55.4 Å². The molecular formula is C14H25NO3. The highest BCUT2D eigenvalue weighted by molar-refractivity contribution is 5.83. The van der Waals surface area contributed by atoms with Crippen molar-refractivity contribution in [1.29, 1.82) is 0 Å². The molecule has 1 aliphatic rings. The summed E-state index contributed by atoms with van der Waals surface area (Å²) in [4.78, 5) is 22.9. The minimum atomic E-state index is -0.463. The van der Waals surface area contributed by atoms with Crippen molar-refractivity contribution in [2.75, 3.05) is 6.54 Å². The van der Waals surface area contributed by atoms with Crippen molar-refractivity contribution in [1.82, 2.24) is 5.32 Å². The Kier molecular flexibility index (Phi) is 5.17. The van der Waals surface area contributed by atoms with Gasteiger partial charge < -0.3 is 10.1 Å². The number of ether oxygens (including phenoxy) is 1. The Bertz CT molecular complexity index is 303. The van der Waals surface area contributed by atoms with E-state index in [4.69, 9.17) is 4.74 Å². The Morgan fingerprint density at radius 1 is 1.33 bits per heavy atom. The Hall–Kier alpha value is -1.06. The van der Waals surface area contributed by atoms with Gasteiger partial charge in [0.1, 0.15) is 11.4 Å². The lowest BCUT2D eigenvalue weighted by Crippen LogP contribution is -2.34. The van der Waals surface area contributed by atoms with Crippen LogP contribution in [0, 0.1) is 11.8 Å². The zero-order valence-corrected chi connectivity index (χ0v) is 11.9. The number of Topliss-reactive ketones (excluding diaryl/α,β-unsaturated/α-hetero) is 1. The summed E-state index contributed by atoms with van der Waals surface area (Å²) in [5.74, 6) is 1.04. The summed E-state index contributed by atoms with van der Waals surface area (Å²) in [5, 5.41) is 2.74. The molecule has 4 heteroatoms. The largest absolute Gasteiger partial charge is 0.444 e. The molecule has 0 unspecified atom stereocenters. The Morgan fingerprint density at radius 2 is 1.94 bits per heavy atom. The molecule has 104 valence electrons. The van der Waals surface area contributed by atoms with Crippen molar-refractivity contribution in [2.24, 2.45) is 11.8 Å². The third kappa shape index (κ3) is 6.62. The molecule has 4 nitrogen and oxygen atoms in total. The number of hydrogen-bond donors (Lipinski definition) is 1. The van der Waals surface area contributed by atoms with Gasteiger partial charge >= 0.3 is 6.09 Å². The van der Waals surface area contributed by atoms with Crippen molar-refractivity contribution >= 4 is 11.9 Å². The number of carbonyl (C=O) groups excluding carboxylic acids is 2. The van der Waals surface area contributed by atoms with Gasteiger partial charge in [-0.2, -0.15) is 0 Å². The number of nitrogens with one attached hydrogen (secondary N) is 1. The zero-order valence-electron chi connectivity index (χ0n) is 11.9. The second-order valence-electron chi connectivity index (χ2n) is 6.27. The molecule has 0 heterocycles. The van der Waals surface area contributed by atoms with E-state index in [-0.39, 0.29) is 6.09 Å². The van der Waals surface area contributed by atoms with Crippen molar-refractivity contribution in [3.63, 3.8) is 0 Å². The van der Waals surface area contributed by atoms with Gasteiger partial charge in [0, 0.05) is 18.9 Å². The van der Waals surface area contributed by atoms with Gasteiger partial charge in [-0.15, -0.1) is 0 Å². The molecule has 1 N–H and O–H groups in total. The van der Waals surface area contributed by atoms with Crippen LogP contribution in [0.3, 0.4) is 0 Å². The first-order valence-electron chi connectivity index (χ1n) is 6.77. The van der Waals surface area contributed by atoms with Crippen LogP contribution in [0.1, 0.15) is 53.4 Å². The monoisotopic (exact) mass is 255 g/mol. The fourth-order valence-electron chi connectivity index (χ4n) is 1.67. The van der Waals surface area contributed by atoms with Gasteiger partial charge in [0.2, 0.25) is 0 Å². The lowest BCUT2D eigenvalue weighted by molar-refractivity contribution is -0.120. The number of hydrogen-bond acceptors (Lipinski definition) is 3. The zero-order chi connectivity index (χ0) is 13.8. The molecule has 0 saturated heterocycles. The highest BCUT2D eigenvalue weighted by Gasteiger charge is 2.29. The minimum absolute atomic E-state index is 0.306. The summed E-state index contributed by atoms with van der Waals surface area (Å²) in [6, 6.07) is 0. The fourth-order valence-corrected chi connectivity index (χ4v) is 1.67. The normalized spacial score (nSPS) is 17.1. The molecule has 0 spiro atoms. The van der Waals surface area contributed by atoms with E-state index in [1.54, 1.807) is 0 Å². The van der Waals surface area contributed by atoms with Crippen LogP contribution >= 0.6 is 0 Å². The smallest absolute Gasteiger partial charge is 0.407 e. The van der Waals surface area contributed by atoms with Crippen molar-refractivity contribution in [2.45, 2.75) is 59.0 Å². The molecule has 1 atom stereocenters. The van der Waals surface area contributed by atoms with E-state index in [1.807, 2.05) is 27.7 Å². The van der Waals surface area contributed by atoms with E-state index in [9.17, 15) is 9.59 Å². The Morgan fingerprint density at radius 3 is 2.44 bits per heavy atom. The number of rotatable bonds is 6. The van der Waals surface area contributed by atoms with Gasteiger partial charge in [-0.25, -0.2) is 4.79 Å². The van der Waals surface area contributed by atoms with Gasteiger partial charge in [0.05, 0.1) is 0 Å². The fraction of sp³-hybridized carbons (Fsp3) is 0.857. The van der Waals surface area contributed by atoms with Gasteiger partial charge in [0.25, 0.3) is 0 Å². The quantitative estimate of drug-likeness (QED) is 0.794. The Labute approximate surface area is 109 Å². The summed E-state index contributed by atoms with van der Waals surface area (Å²) >= 11 is 0. The standard InChI is InChI=1S/C14H25NO3/c1-10(5-8-12(16)11-6-7-11)9-15-13(17)18-14(2,3)4/h10-11H,5-9H2,1-4H3,(H,15,17)/t10-/m1/s1. The first-order chi connectivity index (χ1) is 8.28. The average molecular weight is 255 g/mol. The van der Waals surface area contributed by atoms with Crippen molar-refractivity contribution in [3.8, 4) is 0 Å². The lowest BCUT2D eigenvalue weighted by Gasteiger charge is -2.20. The maximum absolute atomic E-state index is 11.5. The number of alkyl carbamates (subject to hydrolysis) is 1. The first-order valence-corrected chi connectivity index (χ1v) is 6.77. The van der Waals surface area contributed by atoms with Gasteiger partial charge in [-0.3, -0.25) is 4.79 Å². The van der Waals surface area contributed by atoms with E-state index < -0.39 is 5.60 Å². The summed E-state index contributed by atoms with van der Waals surface area (Å²) in [7, 11) is 0. The third-order valence-corrected chi connectivity index (χ3v) is 2.91. The van der Waals surface area contributed by atoms with Crippen LogP contribution in [0.2, 0.25) is 0 Å². The van der Waals surface area contributed by atoms with Crippen LogP contribution in [-0.2, 0) is 9.53 Å². The predicted molar refractivity (Wildman–Crippen MR) is 70.4 cm³/mol. The third-order valence-electron chi connectivity index (χ3n) is 2.91. The molecule has 1 amide bonds. The molecule has 0 bridgehead atoms. The maximum Gasteiger partial charge on any atom is 0.407 e. The van der Waals surface area contributed by atoms with E-state index in [1.165, 1.54) is 0 Å². The second-order valence-corrected chi connectivity index (χ2v) is 6.27. The second kappa shape index (κ2) is 6.21. The summed E-state index contributed by atoms with van der Waals surface area (Å²) in [5.41, 5.74) is -0.463. The molecule has 0 aromatic heterocycles. The van der Waals surface area contributed by atoms with Crippen LogP contribution < -0.4 is 5.32 Å². The SMILES string of the molecule is C[C@H](CCC(=O)C1CC1)CNC(=O)OC(C)(C)C. The summed E-state index contributed by atoms with van der Waals surface area (Å²) in [6.45, 7) is 8.11. The van der Waals surface area contributed by atoms with Gasteiger partial charge in [-0.1, -0.05) is 6.92 Å². The highest BCUT2D eigenvalue weighted by Crippen LogP contribution is 2.31. The molecule has 1 saturated carbocycles. The van der Waals surface area contributed by atoms with Gasteiger partial charge in [0.15, 0.2) is 0 Å². The molecule has 1 rings (SSSR count). The minimum Gasteiger partial charge on any atom is -0.444 e. The molecule has 0 aromatic carbocycles. The lowest BCUT2D eigenvalue weighted by atomic mass is 10.0.